The third-order valence-corrected chi connectivity index (χ3v) is 4.86. The SMILES string of the molecule is Fc1cccnc1OC1CCN(Cc2cccc3c2NCC3)CC1. The molecule has 5 heteroatoms. The molecule has 2 aliphatic rings. The fraction of sp³-hybridized carbons (Fsp3) is 0.421. The molecule has 1 aromatic carbocycles. The van der Waals surface area contributed by atoms with Crippen LogP contribution in [0.2, 0.25) is 0 Å². The van der Waals surface area contributed by atoms with Crippen LogP contribution in [0.3, 0.4) is 0 Å². The van der Waals surface area contributed by atoms with Gasteiger partial charge in [-0.2, -0.15) is 0 Å². The number of ether oxygens (including phenoxy) is 1. The number of aromatic nitrogens is 1. The van der Waals surface area contributed by atoms with E-state index in [4.69, 9.17) is 4.74 Å². The van der Waals surface area contributed by atoms with E-state index in [1.807, 2.05) is 0 Å². The molecule has 4 nitrogen and oxygen atoms in total. The highest BCUT2D eigenvalue weighted by molar-refractivity contribution is 5.61. The summed E-state index contributed by atoms with van der Waals surface area (Å²) in [5, 5.41) is 3.50. The van der Waals surface area contributed by atoms with Gasteiger partial charge in [-0.15, -0.1) is 0 Å². The summed E-state index contributed by atoms with van der Waals surface area (Å²) in [6, 6.07) is 9.54. The lowest BCUT2D eigenvalue weighted by molar-refractivity contribution is 0.0897. The maximum Gasteiger partial charge on any atom is 0.250 e. The van der Waals surface area contributed by atoms with Crippen LogP contribution in [0.1, 0.15) is 24.0 Å². The van der Waals surface area contributed by atoms with Gasteiger partial charge >= 0.3 is 0 Å². The lowest BCUT2D eigenvalue weighted by atomic mass is 10.0. The summed E-state index contributed by atoms with van der Waals surface area (Å²) in [7, 11) is 0. The number of hydrogen-bond acceptors (Lipinski definition) is 4. The van der Waals surface area contributed by atoms with Crippen LogP contribution in [0.25, 0.3) is 0 Å². The molecule has 0 aliphatic carbocycles. The van der Waals surface area contributed by atoms with Gasteiger partial charge in [0.15, 0.2) is 5.82 Å². The Balaban J connectivity index is 1.34. The number of nitrogens with zero attached hydrogens (tertiary/aromatic N) is 2. The van der Waals surface area contributed by atoms with E-state index in [1.54, 1.807) is 12.3 Å². The average molecular weight is 327 g/mol. The van der Waals surface area contributed by atoms with Gasteiger partial charge in [0.2, 0.25) is 0 Å². The summed E-state index contributed by atoms with van der Waals surface area (Å²) in [6.07, 6.45) is 4.53. The van der Waals surface area contributed by atoms with Crippen LogP contribution >= 0.6 is 0 Å². The van der Waals surface area contributed by atoms with E-state index < -0.39 is 0 Å². The van der Waals surface area contributed by atoms with Crippen molar-refractivity contribution in [2.45, 2.75) is 31.9 Å². The summed E-state index contributed by atoms with van der Waals surface area (Å²) in [5.74, 6) is -0.258. The minimum atomic E-state index is -0.383. The average Bonchev–Trinajstić information content (AvgIpc) is 3.08. The topological polar surface area (TPSA) is 37.4 Å². The molecule has 3 heterocycles. The van der Waals surface area contributed by atoms with Gasteiger partial charge in [-0.25, -0.2) is 9.37 Å². The van der Waals surface area contributed by atoms with E-state index in [0.717, 1.165) is 45.4 Å². The van der Waals surface area contributed by atoms with Crippen LogP contribution in [0.4, 0.5) is 10.1 Å². The van der Waals surface area contributed by atoms with Gasteiger partial charge in [-0.3, -0.25) is 4.90 Å². The number of likely N-dealkylation sites (tertiary alicyclic amines) is 1. The van der Waals surface area contributed by atoms with Crippen molar-refractivity contribution >= 4 is 5.69 Å². The Morgan fingerprint density at radius 3 is 2.92 bits per heavy atom. The van der Waals surface area contributed by atoms with Crippen molar-refractivity contribution in [2.24, 2.45) is 0 Å². The molecular formula is C19H22FN3O. The Hall–Kier alpha value is -2.14. The third-order valence-electron chi connectivity index (χ3n) is 4.86. The summed E-state index contributed by atoms with van der Waals surface area (Å²) in [6.45, 7) is 3.92. The first-order valence-electron chi connectivity index (χ1n) is 8.64. The molecule has 1 fully saturated rings. The maximum absolute atomic E-state index is 13.6. The van der Waals surface area contributed by atoms with Crippen LogP contribution < -0.4 is 10.1 Å². The molecule has 0 saturated carbocycles. The monoisotopic (exact) mass is 327 g/mol. The zero-order valence-electron chi connectivity index (χ0n) is 13.7. The van der Waals surface area contributed by atoms with Crippen molar-refractivity contribution in [3.63, 3.8) is 0 Å². The molecule has 1 saturated heterocycles. The van der Waals surface area contributed by atoms with Gasteiger partial charge in [-0.1, -0.05) is 18.2 Å². The molecule has 1 aromatic heterocycles. The van der Waals surface area contributed by atoms with Gasteiger partial charge in [0.05, 0.1) is 0 Å². The molecule has 0 unspecified atom stereocenters. The first-order valence-corrected chi connectivity index (χ1v) is 8.64. The molecule has 0 amide bonds. The molecule has 2 aliphatic heterocycles. The highest BCUT2D eigenvalue weighted by Gasteiger charge is 2.23. The Bertz CT molecular complexity index is 714. The van der Waals surface area contributed by atoms with E-state index in [-0.39, 0.29) is 17.8 Å². The Morgan fingerprint density at radius 1 is 1.21 bits per heavy atom. The quantitative estimate of drug-likeness (QED) is 0.935. The number of halogens is 1. The van der Waals surface area contributed by atoms with Crippen LogP contribution in [-0.2, 0) is 13.0 Å². The van der Waals surface area contributed by atoms with Crippen molar-refractivity contribution in [3.05, 3.63) is 53.5 Å². The van der Waals surface area contributed by atoms with E-state index in [9.17, 15) is 4.39 Å². The van der Waals surface area contributed by atoms with Crippen molar-refractivity contribution in [1.82, 2.24) is 9.88 Å². The van der Waals surface area contributed by atoms with Crippen LogP contribution in [-0.4, -0.2) is 35.6 Å². The van der Waals surface area contributed by atoms with Crippen LogP contribution in [0, 0.1) is 5.82 Å². The minimum absolute atomic E-state index is 0.0465. The summed E-state index contributed by atoms with van der Waals surface area (Å²) < 4.78 is 19.4. The molecule has 24 heavy (non-hydrogen) atoms. The lowest BCUT2D eigenvalue weighted by Gasteiger charge is -2.32. The second-order valence-corrected chi connectivity index (χ2v) is 6.51. The highest BCUT2D eigenvalue weighted by Crippen LogP contribution is 2.28. The Labute approximate surface area is 141 Å². The summed E-state index contributed by atoms with van der Waals surface area (Å²) >= 11 is 0. The van der Waals surface area contributed by atoms with E-state index in [0.29, 0.717) is 0 Å². The molecule has 126 valence electrons. The second kappa shape index (κ2) is 6.77. The fourth-order valence-corrected chi connectivity index (χ4v) is 3.58. The largest absolute Gasteiger partial charge is 0.472 e. The molecule has 0 bridgehead atoms. The highest BCUT2D eigenvalue weighted by atomic mass is 19.1. The molecule has 4 rings (SSSR count). The normalized spacial score (nSPS) is 18.2. The number of para-hydroxylation sites is 1. The van der Waals surface area contributed by atoms with Gasteiger partial charge in [0.1, 0.15) is 6.10 Å². The zero-order valence-corrected chi connectivity index (χ0v) is 13.7. The Morgan fingerprint density at radius 2 is 2.08 bits per heavy atom. The number of fused-ring (bicyclic) bond motifs is 1. The number of rotatable bonds is 4. The smallest absolute Gasteiger partial charge is 0.250 e. The van der Waals surface area contributed by atoms with Crippen LogP contribution in [0.5, 0.6) is 5.88 Å². The van der Waals surface area contributed by atoms with E-state index in [2.05, 4.69) is 33.4 Å². The minimum Gasteiger partial charge on any atom is -0.472 e. The number of anilines is 1. The number of hydrogen-bond donors (Lipinski definition) is 1. The van der Waals surface area contributed by atoms with Crippen LogP contribution in [0.15, 0.2) is 36.5 Å². The van der Waals surface area contributed by atoms with Gasteiger partial charge in [-0.05, 0) is 42.5 Å². The molecule has 0 spiro atoms. The first-order chi connectivity index (χ1) is 11.8. The number of benzene rings is 1. The molecule has 0 radical (unpaired) electrons. The van der Waals surface area contributed by atoms with Crippen molar-refractivity contribution in [3.8, 4) is 5.88 Å². The molecule has 0 atom stereocenters. The van der Waals surface area contributed by atoms with E-state index >= 15 is 0 Å². The number of nitrogens with one attached hydrogen (secondary N) is 1. The van der Waals surface area contributed by atoms with Gasteiger partial charge in [0, 0.05) is 38.1 Å². The fourth-order valence-electron chi connectivity index (χ4n) is 3.58. The first kappa shape index (κ1) is 15.4. The Kier molecular flexibility index (Phi) is 4.34. The lowest BCUT2D eigenvalue weighted by Crippen LogP contribution is -2.38. The van der Waals surface area contributed by atoms with Crippen molar-refractivity contribution in [2.75, 3.05) is 25.0 Å². The summed E-state index contributed by atoms with van der Waals surface area (Å²) in [5.41, 5.74) is 4.13. The van der Waals surface area contributed by atoms with E-state index in [1.165, 1.54) is 22.9 Å². The standard InChI is InChI=1S/C19H22FN3O/c20-17-5-2-9-22-19(17)24-16-7-11-23(12-8-16)13-15-4-1-3-14-6-10-21-18(14)15/h1-5,9,16,21H,6-8,10-13H2. The summed E-state index contributed by atoms with van der Waals surface area (Å²) in [4.78, 5) is 6.43. The molecule has 2 aromatic rings. The maximum atomic E-state index is 13.6. The second-order valence-electron chi connectivity index (χ2n) is 6.51. The number of piperidine rings is 1. The predicted octanol–water partition coefficient (Wildman–Crippen LogP) is 3.23. The molecule has 1 N–H and O–H groups in total. The predicted molar refractivity (Wildman–Crippen MR) is 91.8 cm³/mol. The zero-order chi connectivity index (χ0) is 16.4. The molecular weight excluding hydrogens is 305 g/mol. The van der Waals surface area contributed by atoms with Gasteiger partial charge in [0.25, 0.3) is 5.88 Å². The van der Waals surface area contributed by atoms with Crippen molar-refractivity contribution in [1.29, 1.82) is 0 Å². The number of pyridine rings is 1. The third kappa shape index (κ3) is 3.22. The van der Waals surface area contributed by atoms with Gasteiger partial charge < -0.3 is 10.1 Å². The van der Waals surface area contributed by atoms with Crippen molar-refractivity contribution < 1.29 is 9.13 Å².